The summed E-state index contributed by atoms with van der Waals surface area (Å²) >= 11 is 0. The molecule has 0 radical (unpaired) electrons. The summed E-state index contributed by atoms with van der Waals surface area (Å²) in [6, 6.07) is 6.82. The van der Waals surface area contributed by atoms with Gasteiger partial charge in [0, 0.05) is 12.0 Å². The SMILES string of the molecule is COc1ccc(NC(=O)c2c(C)cc(C3CCC3)oc2=O)c(OC)c1. The van der Waals surface area contributed by atoms with Crippen molar-refractivity contribution in [2.45, 2.75) is 32.1 Å². The normalized spacial score (nSPS) is 13.9. The first-order chi connectivity index (χ1) is 12.0. The van der Waals surface area contributed by atoms with Crippen molar-refractivity contribution in [3.05, 3.63) is 51.6 Å². The van der Waals surface area contributed by atoms with Crippen molar-refractivity contribution in [2.75, 3.05) is 19.5 Å². The molecule has 0 unspecified atom stereocenters. The van der Waals surface area contributed by atoms with Crippen molar-refractivity contribution < 1.29 is 18.7 Å². The predicted octanol–water partition coefficient (Wildman–Crippen LogP) is 3.49. The summed E-state index contributed by atoms with van der Waals surface area (Å²) in [4.78, 5) is 24.9. The molecule has 1 aromatic carbocycles. The maximum Gasteiger partial charge on any atom is 0.349 e. The van der Waals surface area contributed by atoms with Gasteiger partial charge in [-0.1, -0.05) is 6.42 Å². The Hall–Kier alpha value is -2.76. The maximum atomic E-state index is 12.6. The molecule has 3 rings (SSSR count). The Kier molecular flexibility index (Phi) is 4.79. The molecule has 2 aromatic rings. The van der Waals surface area contributed by atoms with Crippen molar-refractivity contribution in [1.82, 2.24) is 0 Å². The second-order valence-corrected chi connectivity index (χ2v) is 6.14. The largest absolute Gasteiger partial charge is 0.497 e. The van der Waals surface area contributed by atoms with Gasteiger partial charge in [0.1, 0.15) is 22.8 Å². The van der Waals surface area contributed by atoms with Crippen LogP contribution in [0, 0.1) is 6.92 Å². The van der Waals surface area contributed by atoms with Crippen LogP contribution in [-0.4, -0.2) is 20.1 Å². The van der Waals surface area contributed by atoms with E-state index in [4.69, 9.17) is 13.9 Å². The van der Waals surface area contributed by atoms with Gasteiger partial charge in [0.05, 0.1) is 19.9 Å². The molecule has 1 aliphatic carbocycles. The van der Waals surface area contributed by atoms with Crippen molar-refractivity contribution >= 4 is 11.6 Å². The quantitative estimate of drug-likeness (QED) is 0.899. The van der Waals surface area contributed by atoms with E-state index in [1.807, 2.05) is 0 Å². The lowest BCUT2D eigenvalue weighted by Crippen LogP contribution is -2.24. The third kappa shape index (κ3) is 3.38. The van der Waals surface area contributed by atoms with Crippen LogP contribution in [-0.2, 0) is 0 Å². The molecule has 1 heterocycles. The number of amides is 1. The highest BCUT2D eigenvalue weighted by atomic mass is 16.5. The lowest BCUT2D eigenvalue weighted by molar-refractivity contribution is 0.102. The van der Waals surface area contributed by atoms with E-state index in [1.165, 1.54) is 7.11 Å². The molecule has 6 nitrogen and oxygen atoms in total. The third-order valence-corrected chi connectivity index (χ3v) is 4.56. The molecule has 1 saturated carbocycles. The number of ether oxygens (including phenoxy) is 2. The number of aryl methyl sites for hydroxylation is 1. The van der Waals surface area contributed by atoms with Gasteiger partial charge in [0.15, 0.2) is 0 Å². The topological polar surface area (TPSA) is 77.8 Å². The summed E-state index contributed by atoms with van der Waals surface area (Å²) in [5.74, 6) is 1.50. The van der Waals surface area contributed by atoms with Crippen LogP contribution in [0.5, 0.6) is 11.5 Å². The van der Waals surface area contributed by atoms with Crippen LogP contribution >= 0.6 is 0 Å². The molecular weight excluding hydrogens is 322 g/mol. The second kappa shape index (κ2) is 7.01. The average molecular weight is 343 g/mol. The lowest BCUT2D eigenvalue weighted by atomic mass is 9.83. The molecule has 6 heteroatoms. The predicted molar refractivity (Wildman–Crippen MR) is 93.8 cm³/mol. The van der Waals surface area contributed by atoms with Gasteiger partial charge in [-0.2, -0.15) is 0 Å². The molecular formula is C19H21NO5. The molecule has 132 valence electrons. The highest BCUT2D eigenvalue weighted by Crippen LogP contribution is 2.36. The molecule has 1 fully saturated rings. The summed E-state index contributed by atoms with van der Waals surface area (Å²) in [5.41, 5.74) is 0.478. The molecule has 0 saturated heterocycles. The smallest absolute Gasteiger partial charge is 0.349 e. The van der Waals surface area contributed by atoms with E-state index in [-0.39, 0.29) is 5.56 Å². The lowest BCUT2D eigenvalue weighted by Gasteiger charge is -2.24. The Labute approximate surface area is 145 Å². The van der Waals surface area contributed by atoms with E-state index < -0.39 is 11.5 Å². The Morgan fingerprint density at radius 3 is 2.52 bits per heavy atom. The molecule has 0 spiro atoms. The summed E-state index contributed by atoms with van der Waals surface area (Å²) in [7, 11) is 3.04. The molecule has 0 atom stereocenters. The van der Waals surface area contributed by atoms with E-state index in [0.29, 0.717) is 34.4 Å². The molecule has 1 aromatic heterocycles. The fraction of sp³-hybridized carbons (Fsp3) is 0.368. The number of carbonyl (C=O) groups is 1. The second-order valence-electron chi connectivity index (χ2n) is 6.14. The highest BCUT2D eigenvalue weighted by molar-refractivity contribution is 6.05. The first-order valence-electron chi connectivity index (χ1n) is 8.21. The number of rotatable bonds is 5. The molecule has 25 heavy (non-hydrogen) atoms. The Morgan fingerprint density at radius 2 is 1.96 bits per heavy atom. The summed E-state index contributed by atoms with van der Waals surface area (Å²) < 4.78 is 15.8. The summed E-state index contributed by atoms with van der Waals surface area (Å²) in [5, 5.41) is 2.71. The van der Waals surface area contributed by atoms with E-state index >= 15 is 0 Å². The number of carbonyl (C=O) groups excluding carboxylic acids is 1. The minimum absolute atomic E-state index is 0.0148. The van der Waals surface area contributed by atoms with Gasteiger partial charge in [0.2, 0.25) is 0 Å². The van der Waals surface area contributed by atoms with Crippen LogP contribution < -0.4 is 20.4 Å². The maximum absolute atomic E-state index is 12.6. The van der Waals surface area contributed by atoms with Crippen LogP contribution in [0.2, 0.25) is 0 Å². The Balaban J connectivity index is 1.87. The number of hydrogen-bond donors (Lipinski definition) is 1. The van der Waals surface area contributed by atoms with Gasteiger partial charge in [-0.15, -0.1) is 0 Å². The van der Waals surface area contributed by atoms with E-state index in [2.05, 4.69) is 5.32 Å². The Morgan fingerprint density at radius 1 is 1.20 bits per heavy atom. The first kappa shape index (κ1) is 17.1. The van der Waals surface area contributed by atoms with E-state index in [0.717, 1.165) is 19.3 Å². The third-order valence-electron chi connectivity index (χ3n) is 4.56. The molecule has 1 aliphatic rings. The van der Waals surface area contributed by atoms with Crippen molar-refractivity contribution in [3.63, 3.8) is 0 Å². The van der Waals surface area contributed by atoms with Gasteiger partial charge >= 0.3 is 5.63 Å². The van der Waals surface area contributed by atoms with Gasteiger partial charge in [-0.25, -0.2) is 4.79 Å². The van der Waals surface area contributed by atoms with E-state index in [1.54, 1.807) is 38.3 Å². The van der Waals surface area contributed by atoms with Gasteiger partial charge in [-0.3, -0.25) is 4.79 Å². The number of nitrogens with one attached hydrogen (secondary N) is 1. The number of hydrogen-bond acceptors (Lipinski definition) is 5. The number of methoxy groups -OCH3 is 2. The molecule has 1 amide bonds. The average Bonchev–Trinajstić information content (AvgIpc) is 2.53. The van der Waals surface area contributed by atoms with Crippen LogP contribution in [0.15, 0.2) is 33.5 Å². The summed E-state index contributed by atoms with van der Waals surface area (Å²) in [6.45, 7) is 1.75. The molecule has 1 N–H and O–H groups in total. The molecule has 0 bridgehead atoms. The Bertz CT molecular complexity index is 851. The monoisotopic (exact) mass is 343 g/mol. The minimum atomic E-state index is -0.605. The van der Waals surface area contributed by atoms with Crippen LogP contribution in [0.3, 0.4) is 0 Å². The van der Waals surface area contributed by atoms with Crippen LogP contribution in [0.1, 0.15) is 46.9 Å². The summed E-state index contributed by atoms with van der Waals surface area (Å²) in [6.07, 6.45) is 3.20. The molecule has 0 aliphatic heterocycles. The van der Waals surface area contributed by atoms with Gasteiger partial charge < -0.3 is 19.2 Å². The van der Waals surface area contributed by atoms with Crippen molar-refractivity contribution in [2.24, 2.45) is 0 Å². The fourth-order valence-electron chi connectivity index (χ4n) is 2.89. The number of anilines is 1. The van der Waals surface area contributed by atoms with Crippen molar-refractivity contribution in [3.8, 4) is 11.5 Å². The minimum Gasteiger partial charge on any atom is -0.497 e. The van der Waals surface area contributed by atoms with Crippen molar-refractivity contribution in [1.29, 1.82) is 0 Å². The van der Waals surface area contributed by atoms with Crippen LogP contribution in [0.4, 0.5) is 5.69 Å². The van der Waals surface area contributed by atoms with Gasteiger partial charge in [0.25, 0.3) is 5.91 Å². The first-order valence-corrected chi connectivity index (χ1v) is 8.21. The zero-order chi connectivity index (χ0) is 18.0. The van der Waals surface area contributed by atoms with E-state index in [9.17, 15) is 9.59 Å². The zero-order valence-electron chi connectivity index (χ0n) is 14.5. The zero-order valence-corrected chi connectivity index (χ0v) is 14.5. The van der Waals surface area contributed by atoms with Crippen LogP contribution in [0.25, 0.3) is 0 Å². The fourth-order valence-corrected chi connectivity index (χ4v) is 2.89. The standard InChI is InChI=1S/C19H21NO5/c1-11-9-15(12-5-4-6-12)25-19(22)17(11)18(21)20-14-8-7-13(23-2)10-16(14)24-3/h7-10,12H,4-6H2,1-3H3,(H,20,21). The van der Waals surface area contributed by atoms with Gasteiger partial charge in [-0.05, 0) is 43.5 Å². The highest BCUT2D eigenvalue weighted by Gasteiger charge is 2.25. The number of benzene rings is 1.